The Hall–Kier alpha value is -2.64. The number of ether oxygens (including phenoxy) is 3. The zero-order valence-electron chi connectivity index (χ0n) is 17.3. The molecule has 2 aromatic rings. The molecule has 2 saturated heterocycles. The summed E-state index contributed by atoms with van der Waals surface area (Å²) < 4.78 is 30.8. The summed E-state index contributed by atoms with van der Waals surface area (Å²) in [5, 5.41) is 3.21. The van der Waals surface area contributed by atoms with Gasteiger partial charge in [0.1, 0.15) is 5.82 Å². The quantitative estimate of drug-likeness (QED) is 0.815. The Morgan fingerprint density at radius 2 is 2.07 bits per heavy atom. The lowest BCUT2D eigenvalue weighted by atomic mass is 9.82. The maximum absolute atomic E-state index is 14.0. The van der Waals surface area contributed by atoms with Crippen molar-refractivity contribution in [1.29, 1.82) is 0 Å². The third kappa shape index (κ3) is 4.00. The van der Waals surface area contributed by atoms with Crippen molar-refractivity contribution in [2.75, 3.05) is 40.5 Å². The first-order valence-corrected chi connectivity index (χ1v) is 10.1. The molecule has 1 N–H and O–H groups in total. The van der Waals surface area contributed by atoms with Crippen molar-refractivity contribution in [2.45, 2.75) is 24.4 Å². The van der Waals surface area contributed by atoms with E-state index >= 15 is 0 Å². The molecule has 2 aromatic carbocycles. The molecule has 2 fully saturated rings. The molecule has 2 heterocycles. The molecule has 0 aliphatic carbocycles. The van der Waals surface area contributed by atoms with E-state index in [9.17, 15) is 9.18 Å². The summed E-state index contributed by atoms with van der Waals surface area (Å²) in [6, 6.07) is 12.4. The van der Waals surface area contributed by atoms with E-state index in [1.165, 1.54) is 6.07 Å². The van der Waals surface area contributed by atoms with E-state index in [4.69, 9.17) is 14.2 Å². The number of hydrogen-bond acceptors (Lipinski definition) is 5. The summed E-state index contributed by atoms with van der Waals surface area (Å²) in [5.41, 5.74) is 1.25. The fourth-order valence-electron chi connectivity index (χ4n) is 4.66. The van der Waals surface area contributed by atoms with E-state index in [1.807, 2.05) is 24.3 Å². The number of para-hydroxylation sites is 1. The highest BCUT2D eigenvalue weighted by atomic mass is 19.1. The Labute approximate surface area is 175 Å². The lowest BCUT2D eigenvalue weighted by Gasteiger charge is -2.34. The van der Waals surface area contributed by atoms with Crippen LogP contribution in [0.3, 0.4) is 0 Å². The maximum atomic E-state index is 14.0. The van der Waals surface area contributed by atoms with Gasteiger partial charge in [0, 0.05) is 37.5 Å². The van der Waals surface area contributed by atoms with Gasteiger partial charge in [-0.3, -0.25) is 9.69 Å². The highest BCUT2D eigenvalue weighted by Gasteiger charge is 2.49. The lowest BCUT2D eigenvalue weighted by Crippen LogP contribution is -2.55. The van der Waals surface area contributed by atoms with Crippen LogP contribution < -0.4 is 14.8 Å². The van der Waals surface area contributed by atoms with E-state index in [1.54, 1.807) is 26.4 Å². The lowest BCUT2D eigenvalue weighted by molar-refractivity contribution is -0.122. The van der Waals surface area contributed by atoms with Crippen LogP contribution in [0.2, 0.25) is 0 Å². The van der Waals surface area contributed by atoms with Crippen LogP contribution in [0.25, 0.3) is 0 Å². The van der Waals surface area contributed by atoms with Crippen LogP contribution in [0.5, 0.6) is 11.5 Å². The number of rotatable bonds is 5. The Morgan fingerprint density at radius 3 is 2.83 bits per heavy atom. The summed E-state index contributed by atoms with van der Waals surface area (Å²) in [5.74, 6) is 0.971. The molecule has 0 bridgehead atoms. The minimum atomic E-state index is -0.604. The first-order chi connectivity index (χ1) is 14.5. The minimum Gasteiger partial charge on any atom is -0.493 e. The minimum absolute atomic E-state index is 0.0327. The first-order valence-electron chi connectivity index (χ1n) is 10.1. The molecule has 0 saturated carbocycles. The van der Waals surface area contributed by atoms with Gasteiger partial charge in [-0.15, -0.1) is 0 Å². The number of nitrogens with zero attached hydrogens (tertiary/aromatic N) is 1. The van der Waals surface area contributed by atoms with E-state index in [0.717, 1.165) is 11.1 Å². The number of carbonyl (C=O) groups excluding carboxylic acids is 1. The van der Waals surface area contributed by atoms with Crippen LogP contribution >= 0.6 is 0 Å². The van der Waals surface area contributed by atoms with E-state index < -0.39 is 5.54 Å². The van der Waals surface area contributed by atoms with E-state index in [0.29, 0.717) is 50.8 Å². The fraction of sp³-hybridized carbons (Fsp3) is 0.435. The van der Waals surface area contributed by atoms with E-state index in [2.05, 4.69) is 10.2 Å². The van der Waals surface area contributed by atoms with Crippen molar-refractivity contribution in [3.63, 3.8) is 0 Å². The van der Waals surface area contributed by atoms with Crippen LogP contribution in [-0.4, -0.2) is 56.9 Å². The van der Waals surface area contributed by atoms with Crippen molar-refractivity contribution in [2.24, 2.45) is 0 Å². The normalized spacial score (nSPS) is 24.5. The molecule has 1 spiro atoms. The van der Waals surface area contributed by atoms with Gasteiger partial charge >= 0.3 is 0 Å². The summed E-state index contributed by atoms with van der Waals surface area (Å²) in [6.45, 7) is 2.66. The van der Waals surface area contributed by atoms with Crippen molar-refractivity contribution >= 4 is 5.91 Å². The largest absolute Gasteiger partial charge is 0.493 e. The topological polar surface area (TPSA) is 60.0 Å². The summed E-state index contributed by atoms with van der Waals surface area (Å²) >= 11 is 0. The molecule has 2 aliphatic heterocycles. The highest BCUT2D eigenvalue weighted by Crippen LogP contribution is 2.40. The van der Waals surface area contributed by atoms with Crippen LogP contribution in [0, 0.1) is 5.82 Å². The standard InChI is InChI=1S/C23H27FN2O4/c1-28-20-8-4-6-17(22(20)29-2)12-26-13-19(16-5-3-7-18(24)11-16)23(14-26)15-30-10-9-21(27)25-23/h3-8,11,19H,9-10,12-15H2,1-2H3,(H,25,27)/t19-,23-/m0/s1. The smallest absolute Gasteiger partial charge is 0.222 e. The second-order valence-corrected chi connectivity index (χ2v) is 7.94. The van der Waals surface area contributed by atoms with Gasteiger partial charge in [0.05, 0.1) is 33.0 Å². The second kappa shape index (κ2) is 8.62. The SMILES string of the molecule is COc1cccc(CN2C[C@@H](c3cccc(F)c3)[C@@]3(COCCC(=O)N3)C2)c1OC. The molecule has 0 unspecified atom stereocenters. The first kappa shape index (κ1) is 20.6. The zero-order chi connectivity index (χ0) is 21.1. The summed E-state index contributed by atoms with van der Waals surface area (Å²) in [4.78, 5) is 14.7. The van der Waals surface area contributed by atoms with Crippen molar-refractivity contribution in [3.05, 3.63) is 59.4 Å². The maximum Gasteiger partial charge on any atom is 0.222 e. The molecule has 2 aliphatic rings. The number of benzene rings is 2. The second-order valence-electron chi connectivity index (χ2n) is 7.94. The molecule has 4 rings (SSSR count). The number of hydrogen-bond donors (Lipinski definition) is 1. The van der Waals surface area contributed by atoms with Gasteiger partial charge in [0.25, 0.3) is 0 Å². The highest BCUT2D eigenvalue weighted by molar-refractivity contribution is 5.77. The predicted molar refractivity (Wildman–Crippen MR) is 110 cm³/mol. The third-order valence-electron chi connectivity index (χ3n) is 5.96. The number of nitrogens with one attached hydrogen (secondary N) is 1. The van der Waals surface area contributed by atoms with Gasteiger partial charge in [-0.25, -0.2) is 4.39 Å². The van der Waals surface area contributed by atoms with Crippen LogP contribution in [0.4, 0.5) is 4.39 Å². The molecular weight excluding hydrogens is 387 g/mol. The van der Waals surface area contributed by atoms with Crippen molar-refractivity contribution < 1.29 is 23.4 Å². The molecule has 0 aromatic heterocycles. The Kier molecular flexibility index (Phi) is 5.92. The number of amides is 1. The fourth-order valence-corrected chi connectivity index (χ4v) is 4.66. The van der Waals surface area contributed by atoms with Crippen molar-refractivity contribution in [3.8, 4) is 11.5 Å². The average molecular weight is 414 g/mol. The molecule has 160 valence electrons. The number of methoxy groups -OCH3 is 2. The van der Waals surface area contributed by atoms with Gasteiger partial charge in [-0.05, 0) is 23.8 Å². The molecule has 2 atom stereocenters. The summed E-state index contributed by atoms with van der Waals surface area (Å²) in [6.07, 6.45) is 0.335. The van der Waals surface area contributed by atoms with Gasteiger partial charge in [-0.1, -0.05) is 24.3 Å². The number of carbonyl (C=O) groups is 1. The Bertz CT molecular complexity index is 922. The molecule has 7 heteroatoms. The van der Waals surface area contributed by atoms with Gasteiger partial charge in [-0.2, -0.15) is 0 Å². The van der Waals surface area contributed by atoms with E-state index in [-0.39, 0.29) is 17.6 Å². The monoisotopic (exact) mass is 414 g/mol. The molecule has 1 amide bonds. The molecule has 30 heavy (non-hydrogen) atoms. The Balaban J connectivity index is 1.66. The van der Waals surface area contributed by atoms with Crippen LogP contribution in [0.1, 0.15) is 23.5 Å². The predicted octanol–water partition coefficient (Wildman–Crippen LogP) is 2.72. The van der Waals surface area contributed by atoms with Crippen LogP contribution in [-0.2, 0) is 16.1 Å². The molecule has 6 nitrogen and oxygen atoms in total. The number of likely N-dealkylation sites (tertiary alicyclic amines) is 1. The molecule has 0 radical (unpaired) electrons. The van der Waals surface area contributed by atoms with Crippen molar-refractivity contribution in [1.82, 2.24) is 10.2 Å². The summed E-state index contributed by atoms with van der Waals surface area (Å²) in [7, 11) is 3.24. The Morgan fingerprint density at radius 1 is 1.23 bits per heavy atom. The van der Waals surface area contributed by atoms with Gasteiger partial charge < -0.3 is 19.5 Å². The van der Waals surface area contributed by atoms with Gasteiger partial charge in [0.2, 0.25) is 5.91 Å². The third-order valence-corrected chi connectivity index (χ3v) is 5.96. The number of halogens is 1. The zero-order valence-corrected chi connectivity index (χ0v) is 17.3. The van der Waals surface area contributed by atoms with Gasteiger partial charge in [0.15, 0.2) is 11.5 Å². The van der Waals surface area contributed by atoms with Crippen LogP contribution in [0.15, 0.2) is 42.5 Å². The average Bonchev–Trinajstić information content (AvgIpc) is 2.96. The molecular formula is C23H27FN2O4.